The number of halogens is 7. The van der Waals surface area contributed by atoms with Gasteiger partial charge in [0.05, 0.1) is 24.9 Å². The van der Waals surface area contributed by atoms with E-state index in [0.29, 0.717) is 0 Å². The molecule has 1 saturated heterocycles. The lowest BCUT2D eigenvalue weighted by molar-refractivity contribution is -0.122. The summed E-state index contributed by atoms with van der Waals surface area (Å²) in [6.45, 7) is -0.593. The smallest absolute Gasteiger partial charge is 0.352 e. The van der Waals surface area contributed by atoms with Crippen LogP contribution in [0.4, 0.5) is 27.6 Å². The Labute approximate surface area is 281 Å². The third-order valence-electron chi connectivity index (χ3n) is 9.08. The van der Waals surface area contributed by atoms with E-state index in [1.54, 1.807) is 18.2 Å². The highest BCUT2D eigenvalue weighted by Crippen LogP contribution is 2.64. The quantitative estimate of drug-likeness (QED) is 0.0802. The summed E-state index contributed by atoms with van der Waals surface area (Å²) in [5.74, 6) is -16.7. The number of fused-ring (bicyclic) bond motifs is 4. The molecule has 1 N–H and O–H groups in total. The lowest BCUT2D eigenvalue weighted by Gasteiger charge is -2.49. The number of ether oxygens (including phenoxy) is 1. The summed E-state index contributed by atoms with van der Waals surface area (Å²) >= 11 is 14.2. The van der Waals surface area contributed by atoms with Crippen molar-refractivity contribution >= 4 is 40.7 Å². The highest BCUT2D eigenvalue weighted by Gasteiger charge is 2.76. The third-order valence-corrected chi connectivity index (χ3v) is 10.5. The molecule has 2 aliphatic heterocycles. The monoisotopic (exact) mass is 722 g/mol. The van der Waals surface area contributed by atoms with E-state index in [1.807, 2.05) is 0 Å². The lowest BCUT2D eigenvalue weighted by atomic mass is 9.64. The van der Waals surface area contributed by atoms with Crippen molar-refractivity contribution in [2.45, 2.75) is 34.7 Å². The molecule has 0 radical (unpaired) electrons. The molecule has 4 atom stereocenters. The van der Waals surface area contributed by atoms with Crippen LogP contribution in [0.15, 0.2) is 75.8 Å². The number of hydrogen-bond donors (Lipinski definition) is 1. The molecule has 2 amide bonds. The molecule has 3 aromatic carbocycles. The average Bonchev–Trinajstić information content (AvgIpc) is 3.44. The molecular weight excluding hydrogens is 702 g/mol. The van der Waals surface area contributed by atoms with Crippen LogP contribution in [0.3, 0.4) is 0 Å². The molecule has 49 heavy (non-hydrogen) atoms. The van der Waals surface area contributed by atoms with E-state index in [0.717, 1.165) is 13.9 Å². The van der Waals surface area contributed by atoms with Crippen molar-refractivity contribution in [1.29, 1.82) is 0 Å². The van der Waals surface area contributed by atoms with E-state index in [2.05, 4.69) is 0 Å². The van der Waals surface area contributed by atoms with E-state index in [-0.39, 0.29) is 47.2 Å². The number of aromatic nitrogens is 3. The van der Waals surface area contributed by atoms with E-state index < -0.39 is 86.1 Å². The molecule has 1 saturated carbocycles. The second-order valence-electron chi connectivity index (χ2n) is 11.5. The molecule has 0 unspecified atom stereocenters. The first-order chi connectivity index (χ1) is 23.3. The standard InChI is InChI=1S/C32H21Cl2F5N4O6/c33-31-14-19-18(10-11-40-29(47)41(30(48)43(19)40)16-4-2-1-3-5-16)20(15-6-8-17(9-7-15)49-13-12-44)32(31,34)28(46)42(27(31)45)26-24(38)22(36)21(35)23(37)25(26)39/h1-10,19-20,44H,11-14H2/t19-,20+,31-,32+/m1/s1. The molecule has 3 aliphatic rings. The molecule has 2 fully saturated rings. The third kappa shape index (κ3) is 4.34. The Balaban J connectivity index is 1.46. The van der Waals surface area contributed by atoms with Gasteiger partial charge in [0.1, 0.15) is 18.0 Å². The molecule has 254 valence electrons. The summed E-state index contributed by atoms with van der Waals surface area (Å²) in [5.41, 5.74) is -2.86. The highest BCUT2D eigenvalue weighted by molar-refractivity contribution is 6.58. The Hall–Kier alpha value is -4.73. The molecule has 10 nitrogen and oxygen atoms in total. The van der Waals surface area contributed by atoms with E-state index >= 15 is 8.78 Å². The predicted octanol–water partition coefficient (Wildman–Crippen LogP) is 4.06. The maximum Gasteiger partial charge on any atom is 0.352 e. The van der Waals surface area contributed by atoms with Gasteiger partial charge in [0.2, 0.25) is 5.82 Å². The lowest BCUT2D eigenvalue weighted by Crippen LogP contribution is -2.59. The molecule has 1 aliphatic carbocycles. The number of alkyl halides is 2. The van der Waals surface area contributed by atoms with E-state index in [9.17, 15) is 32.3 Å². The van der Waals surface area contributed by atoms with Crippen LogP contribution in [0.5, 0.6) is 5.75 Å². The van der Waals surface area contributed by atoms with Crippen molar-refractivity contribution in [2.75, 3.05) is 18.1 Å². The van der Waals surface area contributed by atoms with Crippen LogP contribution in [-0.2, 0) is 16.1 Å². The van der Waals surface area contributed by atoms with Crippen LogP contribution in [-0.4, -0.2) is 53.8 Å². The average molecular weight is 723 g/mol. The Bertz CT molecular complexity index is 2190. The number of aliphatic hydroxyl groups is 1. The van der Waals surface area contributed by atoms with Crippen LogP contribution in [0.1, 0.15) is 23.9 Å². The number of imide groups is 1. The molecule has 7 rings (SSSR count). The number of allylic oxidation sites excluding steroid dienone is 2. The Morgan fingerprint density at radius 2 is 1.43 bits per heavy atom. The van der Waals surface area contributed by atoms with Gasteiger partial charge >= 0.3 is 11.4 Å². The van der Waals surface area contributed by atoms with Crippen molar-refractivity contribution in [3.8, 4) is 11.4 Å². The summed E-state index contributed by atoms with van der Waals surface area (Å²) in [7, 11) is 0. The van der Waals surface area contributed by atoms with Crippen molar-refractivity contribution in [3.05, 3.63) is 122 Å². The fourth-order valence-electron chi connectivity index (χ4n) is 6.92. The number of anilines is 1. The molecule has 1 aromatic heterocycles. The normalized spacial score (nSPS) is 24.4. The minimum atomic E-state index is -2.68. The van der Waals surface area contributed by atoms with Gasteiger partial charge < -0.3 is 9.84 Å². The van der Waals surface area contributed by atoms with Crippen LogP contribution >= 0.6 is 23.2 Å². The van der Waals surface area contributed by atoms with Gasteiger partial charge in [-0.3, -0.25) is 9.59 Å². The number of benzene rings is 3. The van der Waals surface area contributed by atoms with Gasteiger partial charge in [-0.2, -0.15) is 0 Å². The van der Waals surface area contributed by atoms with Crippen molar-refractivity contribution in [2.24, 2.45) is 0 Å². The molecule has 0 spiro atoms. The number of para-hydroxylation sites is 1. The second kappa shape index (κ2) is 11.4. The Kier molecular flexibility index (Phi) is 7.65. The fourth-order valence-corrected chi connectivity index (χ4v) is 7.84. The number of carbonyl (C=O) groups is 2. The minimum absolute atomic E-state index is 0.0665. The number of hydrogen-bond acceptors (Lipinski definition) is 6. The second-order valence-corrected chi connectivity index (χ2v) is 12.8. The fraction of sp³-hybridized carbons (Fsp3) is 0.250. The first-order valence-corrected chi connectivity index (χ1v) is 15.4. The van der Waals surface area contributed by atoms with Crippen LogP contribution in [0, 0.1) is 29.1 Å². The van der Waals surface area contributed by atoms with Crippen LogP contribution < -0.4 is 21.0 Å². The molecular formula is C32H21Cl2F5N4O6. The highest BCUT2D eigenvalue weighted by atomic mass is 35.5. The number of aliphatic hydroxyl groups excluding tert-OH is 1. The molecule has 0 bridgehead atoms. The van der Waals surface area contributed by atoms with Gasteiger partial charge in [0.15, 0.2) is 33.0 Å². The van der Waals surface area contributed by atoms with E-state index in [4.69, 9.17) is 33.0 Å². The summed E-state index contributed by atoms with van der Waals surface area (Å²) in [4.78, 5) is 50.4. The predicted molar refractivity (Wildman–Crippen MR) is 164 cm³/mol. The van der Waals surface area contributed by atoms with Gasteiger partial charge in [0, 0.05) is 12.3 Å². The van der Waals surface area contributed by atoms with Gasteiger partial charge in [-0.15, -0.1) is 23.2 Å². The van der Waals surface area contributed by atoms with Crippen molar-refractivity contribution < 1.29 is 41.4 Å². The Morgan fingerprint density at radius 3 is 2.04 bits per heavy atom. The zero-order valence-electron chi connectivity index (χ0n) is 24.7. The molecule has 4 aromatic rings. The zero-order chi connectivity index (χ0) is 35.2. The maximum atomic E-state index is 15.2. The van der Waals surface area contributed by atoms with Crippen LogP contribution in [0.25, 0.3) is 5.69 Å². The number of rotatable bonds is 6. The Morgan fingerprint density at radius 1 is 0.816 bits per heavy atom. The topological polar surface area (TPSA) is 116 Å². The summed E-state index contributed by atoms with van der Waals surface area (Å²) in [5, 5.41) is 9.12. The van der Waals surface area contributed by atoms with Crippen molar-refractivity contribution in [3.63, 3.8) is 0 Å². The summed E-state index contributed by atoms with van der Waals surface area (Å²) < 4.78 is 81.5. The van der Waals surface area contributed by atoms with Gasteiger partial charge in [0.25, 0.3) is 11.8 Å². The summed E-state index contributed by atoms with van der Waals surface area (Å²) in [6.07, 6.45) is 0.786. The van der Waals surface area contributed by atoms with Gasteiger partial charge in [-0.1, -0.05) is 36.4 Å². The minimum Gasteiger partial charge on any atom is -0.491 e. The van der Waals surface area contributed by atoms with Crippen LogP contribution in [0.2, 0.25) is 0 Å². The number of amides is 2. The first kappa shape index (κ1) is 32.8. The van der Waals surface area contributed by atoms with Gasteiger partial charge in [-0.25, -0.2) is 50.4 Å². The molecule has 17 heteroatoms. The first-order valence-electron chi connectivity index (χ1n) is 14.6. The SMILES string of the molecule is O=C1N(c2c(F)c(F)c(F)c(F)c2F)C(=O)[C@@]2(Cl)[C@@H](c3ccc(OCCO)cc3)C3=CCn4c(=O)n(-c5ccccc5)c(=O)n4[C@@H]3C[C@@]12Cl. The maximum absolute atomic E-state index is 15.2. The van der Waals surface area contributed by atoms with E-state index in [1.165, 1.54) is 42.5 Å². The summed E-state index contributed by atoms with van der Waals surface area (Å²) in [6, 6.07) is 12.4. The van der Waals surface area contributed by atoms with Gasteiger partial charge in [-0.05, 0) is 35.4 Å². The molecule has 3 heterocycles. The van der Waals surface area contributed by atoms with Crippen molar-refractivity contribution in [1.82, 2.24) is 13.9 Å². The number of carbonyl (C=O) groups excluding carboxylic acids is 2. The largest absolute Gasteiger partial charge is 0.491 e. The number of nitrogens with zero attached hydrogens (tertiary/aromatic N) is 4. The zero-order valence-corrected chi connectivity index (χ0v) is 26.2.